The quantitative estimate of drug-likeness (QED) is 0.667. The van der Waals surface area contributed by atoms with Gasteiger partial charge in [-0.15, -0.1) is 11.3 Å². The first kappa shape index (κ1) is 19.3. The zero-order valence-electron chi connectivity index (χ0n) is 15.9. The van der Waals surface area contributed by atoms with Crippen molar-refractivity contribution >= 4 is 34.1 Å². The summed E-state index contributed by atoms with van der Waals surface area (Å²) < 4.78 is 6.84. The summed E-state index contributed by atoms with van der Waals surface area (Å²) in [5.41, 5.74) is 7.13. The molecular formula is C20H23N3O3S. The van der Waals surface area contributed by atoms with Gasteiger partial charge in [-0.25, -0.2) is 9.78 Å². The van der Waals surface area contributed by atoms with Crippen LogP contribution in [0.1, 0.15) is 61.2 Å². The van der Waals surface area contributed by atoms with Crippen molar-refractivity contribution in [3.05, 3.63) is 52.1 Å². The van der Waals surface area contributed by atoms with Crippen LogP contribution in [-0.4, -0.2) is 27.0 Å². The molecule has 6 nitrogen and oxygen atoms in total. The van der Waals surface area contributed by atoms with E-state index in [-0.39, 0.29) is 11.8 Å². The molecule has 1 atom stereocenters. The van der Waals surface area contributed by atoms with E-state index in [0.717, 1.165) is 6.42 Å². The van der Waals surface area contributed by atoms with Crippen molar-refractivity contribution in [2.45, 2.75) is 45.8 Å². The Bertz CT molecular complexity index is 997. The molecule has 1 aromatic carbocycles. The Morgan fingerprint density at radius 1 is 1.30 bits per heavy atom. The van der Waals surface area contributed by atoms with Crippen LogP contribution >= 0.6 is 11.3 Å². The van der Waals surface area contributed by atoms with Crippen LogP contribution in [0.5, 0.6) is 0 Å². The fraction of sp³-hybridized carbons (Fsp3) is 0.350. The Hall–Kier alpha value is -2.51. The monoisotopic (exact) mass is 385 g/mol. The summed E-state index contributed by atoms with van der Waals surface area (Å²) in [4.78, 5) is 30.0. The Morgan fingerprint density at radius 2 is 2.00 bits per heavy atom. The maximum atomic E-state index is 13.0. The Morgan fingerprint density at radius 3 is 2.67 bits per heavy atom. The van der Waals surface area contributed by atoms with Gasteiger partial charge in [-0.1, -0.05) is 25.1 Å². The molecule has 7 heteroatoms. The number of nitrogens with two attached hydrogens (primary N) is 1. The van der Waals surface area contributed by atoms with Crippen LogP contribution in [0.25, 0.3) is 10.9 Å². The van der Waals surface area contributed by atoms with Gasteiger partial charge < -0.3 is 10.5 Å². The maximum Gasteiger partial charge on any atom is 0.419 e. The number of carbonyl (C=O) groups is 2. The van der Waals surface area contributed by atoms with Crippen LogP contribution in [0, 0.1) is 0 Å². The molecule has 0 aliphatic heterocycles. The van der Waals surface area contributed by atoms with Crippen LogP contribution in [0.2, 0.25) is 0 Å². The van der Waals surface area contributed by atoms with Crippen molar-refractivity contribution in [2.75, 3.05) is 0 Å². The molecule has 0 amide bonds. The number of para-hydroxylation sites is 1. The first-order valence-corrected chi connectivity index (χ1v) is 9.68. The van der Waals surface area contributed by atoms with Crippen LogP contribution in [0.15, 0.2) is 35.8 Å². The summed E-state index contributed by atoms with van der Waals surface area (Å²) in [5, 5.41) is 2.86. The molecule has 0 aliphatic rings. The number of benzene rings is 1. The topological polar surface area (TPSA) is 87.2 Å². The summed E-state index contributed by atoms with van der Waals surface area (Å²) >= 11 is 1.27. The molecule has 0 spiro atoms. The normalized spacial score (nSPS) is 12.9. The van der Waals surface area contributed by atoms with Crippen molar-refractivity contribution in [1.82, 2.24) is 9.55 Å². The number of hydrogen-bond donors (Lipinski definition) is 1. The van der Waals surface area contributed by atoms with Gasteiger partial charge in [-0.05, 0) is 33.3 Å². The number of carbonyl (C=O) groups excluding carboxylic acids is 2. The summed E-state index contributed by atoms with van der Waals surface area (Å²) in [5.74, 6) is -0.229. The molecule has 0 radical (unpaired) electrons. The number of nitrogens with zero attached hydrogens (tertiary/aromatic N) is 2. The van der Waals surface area contributed by atoms with Crippen molar-refractivity contribution in [2.24, 2.45) is 5.73 Å². The van der Waals surface area contributed by atoms with Crippen molar-refractivity contribution < 1.29 is 14.3 Å². The Labute approximate surface area is 162 Å². The van der Waals surface area contributed by atoms with E-state index in [1.807, 2.05) is 30.5 Å². The number of rotatable bonds is 4. The predicted molar refractivity (Wildman–Crippen MR) is 106 cm³/mol. The zero-order valence-corrected chi connectivity index (χ0v) is 16.7. The lowest BCUT2D eigenvalue weighted by molar-refractivity contribution is 0.0544. The second-order valence-corrected chi connectivity index (χ2v) is 8.19. The van der Waals surface area contributed by atoms with E-state index in [1.54, 1.807) is 26.8 Å². The van der Waals surface area contributed by atoms with Gasteiger partial charge in [0.25, 0.3) is 0 Å². The van der Waals surface area contributed by atoms with Crippen molar-refractivity contribution in [3.63, 3.8) is 0 Å². The lowest BCUT2D eigenvalue weighted by Crippen LogP contribution is -2.26. The number of thiazole rings is 1. The Kier molecular flexibility index (Phi) is 5.17. The lowest BCUT2D eigenvalue weighted by Gasteiger charge is -2.19. The molecule has 0 aliphatic carbocycles. The van der Waals surface area contributed by atoms with Crippen LogP contribution in [0.4, 0.5) is 4.79 Å². The van der Waals surface area contributed by atoms with Gasteiger partial charge in [-0.3, -0.25) is 9.36 Å². The highest BCUT2D eigenvalue weighted by atomic mass is 32.1. The molecule has 0 unspecified atom stereocenters. The molecule has 0 saturated heterocycles. The highest BCUT2D eigenvalue weighted by Gasteiger charge is 2.24. The second-order valence-electron chi connectivity index (χ2n) is 7.33. The van der Waals surface area contributed by atoms with Gasteiger partial charge in [0.05, 0.1) is 16.8 Å². The van der Waals surface area contributed by atoms with Crippen molar-refractivity contribution in [3.8, 4) is 0 Å². The highest BCUT2D eigenvalue weighted by molar-refractivity contribution is 7.12. The van der Waals surface area contributed by atoms with E-state index in [2.05, 4.69) is 4.98 Å². The van der Waals surface area contributed by atoms with E-state index < -0.39 is 11.7 Å². The largest absolute Gasteiger partial charge is 0.443 e. The minimum absolute atomic E-state index is 0.189. The molecule has 142 valence electrons. The fourth-order valence-corrected chi connectivity index (χ4v) is 3.54. The summed E-state index contributed by atoms with van der Waals surface area (Å²) in [6.07, 6.45) is 1.75. The van der Waals surface area contributed by atoms with E-state index in [9.17, 15) is 9.59 Å². The van der Waals surface area contributed by atoms with Gasteiger partial charge in [0.1, 0.15) is 5.60 Å². The molecule has 0 bridgehead atoms. The van der Waals surface area contributed by atoms with Crippen LogP contribution in [-0.2, 0) is 4.74 Å². The molecule has 0 fully saturated rings. The lowest BCUT2D eigenvalue weighted by atomic mass is 10.1. The van der Waals surface area contributed by atoms with Gasteiger partial charge in [-0.2, -0.15) is 0 Å². The molecule has 2 N–H and O–H groups in total. The predicted octanol–water partition coefficient (Wildman–Crippen LogP) is 4.52. The molecule has 3 rings (SSSR count). The van der Waals surface area contributed by atoms with Gasteiger partial charge in [0.15, 0.2) is 5.01 Å². The number of ketones is 1. The molecule has 2 heterocycles. The highest BCUT2D eigenvalue weighted by Crippen LogP contribution is 2.27. The third kappa shape index (κ3) is 3.94. The third-order valence-corrected chi connectivity index (χ3v) is 4.94. The summed E-state index contributed by atoms with van der Waals surface area (Å²) in [6.45, 7) is 7.38. The average Bonchev–Trinajstić information content (AvgIpc) is 3.24. The minimum atomic E-state index is -0.632. The SMILES string of the molecule is CC[C@H](N)c1csc(C(=O)c2cn(C(=O)OC(C)(C)C)c3ccccc23)n1. The summed E-state index contributed by atoms with van der Waals surface area (Å²) in [6, 6.07) is 7.07. The number of fused-ring (bicyclic) bond motifs is 1. The number of ether oxygens (including phenoxy) is 1. The van der Waals surface area contributed by atoms with E-state index in [1.165, 1.54) is 22.1 Å². The molecule has 27 heavy (non-hydrogen) atoms. The zero-order chi connectivity index (χ0) is 19.8. The maximum absolute atomic E-state index is 13.0. The van der Waals surface area contributed by atoms with Crippen LogP contribution in [0.3, 0.4) is 0 Å². The van der Waals surface area contributed by atoms with E-state index >= 15 is 0 Å². The smallest absolute Gasteiger partial charge is 0.419 e. The molecule has 3 aromatic rings. The van der Waals surface area contributed by atoms with Gasteiger partial charge >= 0.3 is 6.09 Å². The molecular weight excluding hydrogens is 362 g/mol. The molecule has 2 aromatic heterocycles. The second kappa shape index (κ2) is 7.25. The van der Waals surface area contributed by atoms with Crippen LogP contribution < -0.4 is 5.73 Å². The van der Waals surface area contributed by atoms with E-state index in [0.29, 0.717) is 27.2 Å². The van der Waals surface area contributed by atoms with E-state index in [4.69, 9.17) is 10.5 Å². The first-order valence-electron chi connectivity index (χ1n) is 8.80. The average molecular weight is 385 g/mol. The van der Waals surface area contributed by atoms with Gasteiger partial charge in [0.2, 0.25) is 5.78 Å². The number of hydrogen-bond acceptors (Lipinski definition) is 6. The Balaban J connectivity index is 2.03. The number of aromatic nitrogens is 2. The third-order valence-electron chi connectivity index (χ3n) is 4.08. The molecule has 0 saturated carbocycles. The van der Waals surface area contributed by atoms with Gasteiger partial charge in [0, 0.05) is 23.0 Å². The minimum Gasteiger partial charge on any atom is -0.443 e. The standard InChI is InChI=1S/C20H23N3O3S/c1-5-14(21)15-11-27-18(22-15)17(24)13-10-23(19(25)26-20(2,3)4)16-9-7-6-8-12(13)16/h6-11,14H,5,21H2,1-4H3/t14-/m0/s1. The summed E-state index contributed by atoms with van der Waals surface area (Å²) in [7, 11) is 0. The first-order chi connectivity index (χ1) is 12.7. The van der Waals surface area contributed by atoms with Crippen molar-refractivity contribution in [1.29, 1.82) is 0 Å². The fourth-order valence-electron chi connectivity index (χ4n) is 2.71.